The second-order valence-corrected chi connectivity index (χ2v) is 3.72. The van der Waals surface area contributed by atoms with Gasteiger partial charge < -0.3 is 40.5 Å². The van der Waals surface area contributed by atoms with Crippen LogP contribution in [0.4, 0.5) is 34.6 Å². The number of H-pyrrole nitrogens is 2. The molecule has 0 atom stereocenters. The van der Waals surface area contributed by atoms with Gasteiger partial charge in [0.25, 0.3) is 11.4 Å². The minimum Gasteiger partial charge on any atom is -0.358 e. The fraction of sp³-hybridized carbons (Fsp3) is 0. The molecule has 2 aromatic rings. The summed E-state index contributed by atoms with van der Waals surface area (Å²) >= 11 is 0. The lowest BCUT2D eigenvalue weighted by Crippen LogP contribution is -1.90. The summed E-state index contributed by atoms with van der Waals surface area (Å²) in [6.45, 7) is 0. The number of nitro groups is 4. The van der Waals surface area contributed by atoms with Crippen molar-refractivity contribution < 1.29 is 19.7 Å². The summed E-state index contributed by atoms with van der Waals surface area (Å²) in [6, 6.07) is 0. The van der Waals surface area contributed by atoms with Crippen molar-refractivity contribution >= 4 is 34.6 Å². The molecular formula is C6H2N10O8. The lowest BCUT2D eigenvalue weighted by Gasteiger charge is -1.92. The fourth-order valence-electron chi connectivity index (χ4n) is 1.43. The molecule has 0 aliphatic heterocycles. The molecule has 0 bridgehead atoms. The summed E-state index contributed by atoms with van der Waals surface area (Å²) in [5.74, 6) is -4.25. The summed E-state index contributed by atoms with van der Waals surface area (Å²) in [5.41, 5.74) is -1.95. The van der Waals surface area contributed by atoms with Gasteiger partial charge in [-0.2, -0.15) is 0 Å². The van der Waals surface area contributed by atoms with E-state index >= 15 is 0 Å². The van der Waals surface area contributed by atoms with E-state index in [1.165, 1.54) is 0 Å². The Balaban J connectivity index is 2.60. The van der Waals surface area contributed by atoms with Crippen molar-refractivity contribution in [3.8, 4) is 0 Å². The van der Waals surface area contributed by atoms with E-state index in [1.807, 2.05) is 0 Å². The highest BCUT2D eigenvalue weighted by molar-refractivity contribution is 5.66. The van der Waals surface area contributed by atoms with Crippen molar-refractivity contribution in [3.63, 3.8) is 0 Å². The number of nitrogens with zero attached hydrogens (tertiary/aromatic N) is 8. The zero-order chi connectivity index (χ0) is 18.0. The molecular weight excluding hydrogens is 340 g/mol. The number of azo groups is 1. The zero-order valence-electron chi connectivity index (χ0n) is 10.8. The standard InChI is InChI=1S/C6H2N10O8/c17-13(18)3-1(4(10-9-3)14(19)20)7-8-2-5(15(21)22)11-12-6(2)16(23)24/h(H,9,10)(H,11,12). The SMILES string of the molecule is O=[N+]([O-])c1n[nH]c([N+](=O)[O-])c1N=Nc1c([N+](=O)[O-])n[nH]c1[N+](=O)[O-]. The second kappa shape index (κ2) is 5.78. The van der Waals surface area contributed by atoms with E-state index in [9.17, 15) is 40.5 Å². The summed E-state index contributed by atoms with van der Waals surface area (Å²) in [4.78, 5) is 38.5. The number of hydrogen-bond acceptors (Lipinski definition) is 12. The van der Waals surface area contributed by atoms with Crippen LogP contribution in [0.25, 0.3) is 0 Å². The minimum atomic E-state index is -1.13. The van der Waals surface area contributed by atoms with Crippen LogP contribution >= 0.6 is 0 Å². The maximum Gasteiger partial charge on any atom is 0.448 e. The first kappa shape index (κ1) is 16.0. The van der Waals surface area contributed by atoms with E-state index in [0.717, 1.165) is 0 Å². The monoisotopic (exact) mass is 342 g/mol. The average Bonchev–Trinajstić information content (AvgIpc) is 3.08. The molecule has 124 valence electrons. The number of nitrogens with one attached hydrogen (secondary N) is 2. The van der Waals surface area contributed by atoms with Crippen LogP contribution in [0, 0.1) is 40.5 Å². The molecule has 2 aromatic heterocycles. The second-order valence-electron chi connectivity index (χ2n) is 3.72. The molecule has 24 heavy (non-hydrogen) atoms. The third kappa shape index (κ3) is 2.68. The van der Waals surface area contributed by atoms with Crippen molar-refractivity contribution in [1.82, 2.24) is 20.4 Å². The Kier molecular flexibility index (Phi) is 3.85. The Morgan fingerprint density at radius 3 is 1.25 bits per heavy atom. The number of rotatable bonds is 6. The van der Waals surface area contributed by atoms with Crippen LogP contribution in [-0.4, -0.2) is 40.1 Å². The molecule has 0 fully saturated rings. The highest BCUT2D eigenvalue weighted by atomic mass is 16.6. The molecule has 0 spiro atoms. The molecule has 0 saturated heterocycles. The Labute approximate surface area is 126 Å². The number of hydrogen-bond donors (Lipinski definition) is 2. The smallest absolute Gasteiger partial charge is 0.358 e. The van der Waals surface area contributed by atoms with Crippen LogP contribution in [0.3, 0.4) is 0 Å². The summed E-state index contributed by atoms with van der Waals surface area (Å²) in [7, 11) is 0. The van der Waals surface area contributed by atoms with Gasteiger partial charge in [0.1, 0.15) is 10.2 Å². The van der Waals surface area contributed by atoms with Crippen LogP contribution in [0.5, 0.6) is 0 Å². The Morgan fingerprint density at radius 1 is 0.667 bits per heavy atom. The van der Waals surface area contributed by atoms with Gasteiger partial charge in [0, 0.05) is 0 Å². The highest BCUT2D eigenvalue weighted by Crippen LogP contribution is 2.39. The molecule has 0 amide bonds. The maximum absolute atomic E-state index is 10.7. The molecule has 2 rings (SSSR count). The molecule has 0 aromatic carbocycles. The first-order chi connectivity index (χ1) is 11.2. The molecule has 2 heterocycles. The number of aromatic amines is 2. The van der Waals surface area contributed by atoms with Crippen LogP contribution in [0.15, 0.2) is 10.2 Å². The van der Waals surface area contributed by atoms with Gasteiger partial charge in [0.05, 0.1) is 0 Å². The van der Waals surface area contributed by atoms with Crippen molar-refractivity contribution in [2.45, 2.75) is 0 Å². The Morgan fingerprint density at radius 2 is 1.00 bits per heavy atom. The molecule has 18 nitrogen and oxygen atoms in total. The molecule has 2 N–H and O–H groups in total. The van der Waals surface area contributed by atoms with Gasteiger partial charge >= 0.3 is 23.3 Å². The molecule has 0 radical (unpaired) electrons. The Hall–Kier alpha value is -4.38. The topological polar surface area (TPSA) is 255 Å². The number of aromatic nitrogens is 4. The van der Waals surface area contributed by atoms with Crippen LogP contribution in [0.1, 0.15) is 0 Å². The highest BCUT2D eigenvalue weighted by Gasteiger charge is 2.35. The molecule has 0 unspecified atom stereocenters. The Bertz CT molecular complexity index is 758. The molecule has 0 saturated carbocycles. The zero-order valence-corrected chi connectivity index (χ0v) is 10.8. The van der Waals surface area contributed by atoms with E-state index in [1.54, 1.807) is 10.2 Å². The van der Waals surface area contributed by atoms with Gasteiger partial charge in [-0.25, -0.2) is 0 Å². The lowest BCUT2D eigenvalue weighted by molar-refractivity contribution is -0.393. The van der Waals surface area contributed by atoms with E-state index in [2.05, 4.69) is 20.4 Å². The van der Waals surface area contributed by atoms with E-state index in [0.29, 0.717) is 0 Å². The average molecular weight is 342 g/mol. The first-order valence-electron chi connectivity index (χ1n) is 5.40. The lowest BCUT2D eigenvalue weighted by atomic mass is 10.5. The largest absolute Gasteiger partial charge is 0.448 e. The van der Waals surface area contributed by atoms with Gasteiger partial charge in [-0.05, 0) is 29.9 Å². The summed E-state index contributed by atoms with van der Waals surface area (Å²) in [6.07, 6.45) is 0. The molecule has 18 heteroatoms. The normalized spacial score (nSPS) is 10.8. The van der Waals surface area contributed by atoms with Crippen molar-refractivity contribution in [1.29, 1.82) is 0 Å². The van der Waals surface area contributed by atoms with Crippen LogP contribution in [0.2, 0.25) is 0 Å². The third-order valence-corrected chi connectivity index (χ3v) is 2.37. The van der Waals surface area contributed by atoms with Crippen molar-refractivity contribution in [3.05, 3.63) is 40.5 Å². The maximum atomic E-state index is 10.7. The molecule has 0 aliphatic rings. The molecule has 0 aliphatic carbocycles. The van der Waals surface area contributed by atoms with E-state index in [-0.39, 0.29) is 0 Å². The van der Waals surface area contributed by atoms with Gasteiger partial charge in [-0.3, -0.25) is 0 Å². The summed E-state index contributed by atoms with van der Waals surface area (Å²) < 4.78 is 0. The van der Waals surface area contributed by atoms with E-state index in [4.69, 9.17) is 0 Å². The quantitative estimate of drug-likeness (QED) is 0.430. The predicted molar refractivity (Wildman–Crippen MR) is 68.0 cm³/mol. The van der Waals surface area contributed by atoms with Crippen LogP contribution < -0.4 is 0 Å². The van der Waals surface area contributed by atoms with Gasteiger partial charge in [-0.1, -0.05) is 0 Å². The van der Waals surface area contributed by atoms with Crippen molar-refractivity contribution in [2.24, 2.45) is 10.2 Å². The fourth-order valence-corrected chi connectivity index (χ4v) is 1.43. The summed E-state index contributed by atoms with van der Waals surface area (Å²) in [5, 5.41) is 58.7. The predicted octanol–water partition coefficient (Wildman–Crippen LogP) is 1.18. The minimum absolute atomic E-state index is 0.977. The van der Waals surface area contributed by atoms with E-state index < -0.39 is 54.3 Å². The van der Waals surface area contributed by atoms with Gasteiger partial charge in [0.2, 0.25) is 0 Å². The third-order valence-electron chi connectivity index (χ3n) is 2.37. The van der Waals surface area contributed by atoms with Crippen molar-refractivity contribution in [2.75, 3.05) is 0 Å². The van der Waals surface area contributed by atoms with Gasteiger partial charge in [0.15, 0.2) is 0 Å². The first-order valence-corrected chi connectivity index (χ1v) is 5.40. The van der Waals surface area contributed by atoms with Gasteiger partial charge in [-0.15, -0.1) is 10.2 Å². The van der Waals surface area contributed by atoms with Crippen LogP contribution in [-0.2, 0) is 0 Å².